The Bertz CT molecular complexity index is 509. The van der Waals surface area contributed by atoms with Crippen LogP contribution >= 0.6 is 24.0 Å². The second kappa shape index (κ2) is 10.5. The Hall–Kier alpha value is -1.26. The fourth-order valence-electron chi connectivity index (χ4n) is 1.64. The average molecular weight is 449 g/mol. The molecule has 0 fully saturated rings. The lowest BCUT2D eigenvalue weighted by molar-refractivity contribution is -0.132. The molecule has 0 saturated heterocycles. The van der Waals surface area contributed by atoms with E-state index >= 15 is 0 Å². The Morgan fingerprint density at radius 2 is 1.96 bits per heavy atom. The van der Waals surface area contributed by atoms with Gasteiger partial charge in [0.2, 0.25) is 0 Å². The van der Waals surface area contributed by atoms with Gasteiger partial charge < -0.3 is 15.4 Å². The Balaban J connectivity index is 0.00000484. The number of hydrogen-bond donors (Lipinski definition) is 2. The van der Waals surface area contributed by atoms with E-state index in [4.69, 9.17) is 4.74 Å². The van der Waals surface area contributed by atoms with Crippen molar-refractivity contribution in [1.82, 2.24) is 10.6 Å². The summed E-state index contributed by atoms with van der Waals surface area (Å²) in [7, 11) is 1.37. The molecule has 0 atom stereocenters. The summed E-state index contributed by atoms with van der Waals surface area (Å²) in [5.41, 5.74) is 0.589. The summed E-state index contributed by atoms with van der Waals surface area (Å²) in [5.74, 6) is -0.129. The molecule has 1 aromatic carbocycles. The lowest BCUT2D eigenvalue weighted by atomic mass is 10.2. The van der Waals surface area contributed by atoms with Crippen LogP contribution in [0.2, 0.25) is 0 Å². The summed E-state index contributed by atoms with van der Waals surface area (Å²) in [5, 5.41) is 5.41. The Morgan fingerprint density at radius 1 is 1.26 bits per heavy atom. The van der Waals surface area contributed by atoms with E-state index in [1.54, 1.807) is 13.0 Å². The second-order valence-electron chi connectivity index (χ2n) is 4.46. The van der Waals surface area contributed by atoms with Crippen molar-refractivity contribution in [1.29, 1.82) is 0 Å². The van der Waals surface area contributed by atoms with Crippen molar-refractivity contribution in [3.05, 3.63) is 29.6 Å². The zero-order valence-electron chi connectivity index (χ0n) is 12.8. The summed E-state index contributed by atoms with van der Waals surface area (Å²) in [6.45, 7) is 2.18. The lowest BCUT2D eigenvalue weighted by Gasteiger charge is -2.12. The molecule has 0 aromatic heterocycles. The molecule has 0 aliphatic rings. The SMILES string of the molecule is CCNC(=NCc1ccc(OC)c(F)c1)NCCC(F)(F)F.I. The number of rotatable bonds is 6. The van der Waals surface area contributed by atoms with Crippen molar-refractivity contribution in [2.24, 2.45) is 4.99 Å². The fourth-order valence-corrected chi connectivity index (χ4v) is 1.64. The van der Waals surface area contributed by atoms with Gasteiger partial charge in [0.1, 0.15) is 0 Å². The van der Waals surface area contributed by atoms with Crippen LogP contribution < -0.4 is 15.4 Å². The van der Waals surface area contributed by atoms with Crippen LogP contribution in [0.25, 0.3) is 0 Å². The van der Waals surface area contributed by atoms with Crippen LogP contribution in [-0.2, 0) is 6.54 Å². The molecule has 0 bridgehead atoms. The third-order valence-corrected chi connectivity index (χ3v) is 2.68. The second-order valence-corrected chi connectivity index (χ2v) is 4.46. The lowest BCUT2D eigenvalue weighted by Crippen LogP contribution is -2.38. The Kier molecular flexibility index (Phi) is 9.93. The molecule has 0 amide bonds. The molecule has 23 heavy (non-hydrogen) atoms. The van der Waals surface area contributed by atoms with E-state index in [1.165, 1.54) is 19.2 Å². The van der Waals surface area contributed by atoms with Crippen molar-refractivity contribution < 1.29 is 22.3 Å². The van der Waals surface area contributed by atoms with E-state index in [2.05, 4.69) is 15.6 Å². The summed E-state index contributed by atoms with van der Waals surface area (Å²) in [6.07, 6.45) is -5.17. The predicted molar refractivity (Wildman–Crippen MR) is 91.9 cm³/mol. The normalized spacial score (nSPS) is 11.7. The van der Waals surface area contributed by atoms with E-state index < -0.39 is 18.4 Å². The number of halogens is 5. The zero-order chi connectivity index (χ0) is 16.6. The largest absolute Gasteiger partial charge is 0.494 e. The third-order valence-electron chi connectivity index (χ3n) is 2.68. The first-order valence-electron chi connectivity index (χ1n) is 6.77. The molecule has 4 nitrogen and oxygen atoms in total. The molecular formula is C14H20F4IN3O. The molecule has 0 spiro atoms. The number of aliphatic imine (C=N–C) groups is 1. The topological polar surface area (TPSA) is 45.7 Å². The highest BCUT2D eigenvalue weighted by Gasteiger charge is 2.26. The number of ether oxygens (including phenoxy) is 1. The van der Waals surface area contributed by atoms with Crippen molar-refractivity contribution in [2.45, 2.75) is 26.1 Å². The first-order valence-corrected chi connectivity index (χ1v) is 6.77. The monoisotopic (exact) mass is 449 g/mol. The van der Waals surface area contributed by atoms with Gasteiger partial charge in [-0.1, -0.05) is 6.07 Å². The number of alkyl halides is 3. The van der Waals surface area contributed by atoms with E-state index in [-0.39, 0.29) is 48.8 Å². The van der Waals surface area contributed by atoms with Gasteiger partial charge in [0.15, 0.2) is 17.5 Å². The third kappa shape index (κ3) is 8.82. The Labute approximate surface area is 149 Å². The highest BCUT2D eigenvalue weighted by Crippen LogP contribution is 2.19. The van der Waals surface area contributed by atoms with Crippen LogP contribution in [0.15, 0.2) is 23.2 Å². The van der Waals surface area contributed by atoms with Crippen molar-refractivity contribution in [3.8, 4) is 5.75 Å². The number of nitrogens with one attached hydrogen (secondary N) is 2. The summed E-state index contributed by atoms with van der Waals surface area (Å²) in [4.78, 5) is 4.12. The number of hydrogen-bond acceptors (Lipinski definition) is 2. The number of nitrogens with zero attached hydrogens (tertiary/aromatic N) is 1. The molecule has 9 heteroatoms. The van der Waals surface area contributed by atoms with Gasteiger partial charge in [-0.15, -0.1) is 24.0 Å². The quantitative estimate of drug-likeness (QED) is 0.303. The minimum absolute atomic E-state index is 0. The van der Waals surface area contributed by atoms with E-state index in [0.717, 1.165) is 0 Å². The van der Waals surface area contributed by atoms with E-state index in [9.17, 15) is 17.6 Å². The smallest absolute Gasteiger partial charge is 0.390 e. The van der Waals surface area contributed by atoms with Crippen LogP contribution in [0.1, 0.15) is 18.9 Å². The van der Waals surface area contributed by atoms with Crippen LogP contribution in [0.3, 0.4) is 0 Å². The Morgan fingerprint density at radius 3 is 2.48 bits per heavy atom. The first kappa shape index (κ1) is 21.7. The molecule has 1 rings (SSSR count). The molecular weight excluding hydrogens is 429 g/mol. The average Bonchev–Trinajstić information content (AvgIpc) is 2.43. The van der Waals surface area contributed by atoms with Crippen LogP contribution in [0.5, 0.6) is 5.75 Å². The minimum Gasteiger partial charge on any atom is -0.494 e. The summed E-state index contributed by atoms with van der Waals surface area (Å²) < 4.78 is 54.6. The van der Waals surface area contributed by atoms with Crippen molar-refractivity contribution in [2.75, 3.05) is 20.2 Å². The maximum atomic E-state index is 13.5. The number of methoxy groups -OCH3 is 1. The molecule has 0 aliphatic carbocycles. The van der Waals surface area contributed by atoms with Crippen molar-refractivity contribution in [3.63, 3.8) is 0 Å². The molecule has 2 N–H and O–H groups in total. The van der Waals surface area contributed by atoms with Gasteiger partial charge >= 0.3 is 6.18 Å². The zero-order valence-corrected chi connectivity index (χ0v) is 15.2. The molecule has 132 valence electrons. The summed E-state index contributed by atoms with van der Waals surface area (Å²) in [6, 6.07) is 4.40. The molecule has 0 heterocycles. The summed E-state index contributed by atoms with van der Waals surface area (Å²) >= 11 is 0. The van der Waals surface area contributed by atoms with Gasteiger partial charge in [-0.05, 0) is 24.6 Å². The maximum Gasteiger partial charge on any atom is 0.390 e. The number of guanidine groups is 1. The van der Waals surface area contributed by atoms with Crippen LogP contribution in [0.4, 0.5) is 17.6 Å². The molecule has 0 saturated carbocycles. The van der Waals surface area contributed by atoms with Gasteiger partial charge in [0.05, 0.1) is 20.1 Å². The molecule has 0 aliphatic heterocycles. The predicted octanol–water partition coefficient (Wildman–Crippen LogP) is 3.46. The minimum atomic E-state index is -4.22. The van der Waals surface area contributed by atoms with E-state index in [0.29, 0.717) is 12.1 Å². The maximum absolute atomic E-state index is 13.5. The highest BCUT2D eigenvalue weighted by molar-refractivity contribution is 14.0. The number of benzene rings is 1. The van der Waals surface area contributed by atoms with Gasteiger partial charge in [-0.2, -0.15) is 13.2 Å². The highest BCUT2D eigenvalue weighted by atomic mass is 127. The molecule has 0 radical (unpaired) electrons. The van der Waals surface area contributed by atoms with Gasteiger partial charge in [-0.25, -0.2) is 9.38 Å². The van der Waals surface area contributed by atoms with Crippen LogP contribution in [-0.4, -0.2) is 32.3 Å². The van der Waals surface area contributed by atoms with Gasteiger partial charge in [0, 0.05) is 13.1 Å². The fraction of sp³-hybridized carbons (Fsp3) is 0.500. The standard InChI is InChI=1S/C14H19F4N3O.HI/c1-3-19-13(20-7-6-14(16,17)18)21-9-10-4-5-12(22-2)11(15)8-10;/h4-5,8H,3,6-7,9H2,1-2H3,(H2,19,20,21);1H. The van der Waals surface area contributed by atoms with Gasteiger partial charge in [0.25, 0.3) is 0 Å². The van der Waals surface area contributed by atoms with Crippen LogP contribution in [0, 0.1) is 5.82 Å². The first-order chi connectivity index (χ1) is 10.4. The van der Waals surface area contributed by atoms with E-state index in [1.807, 2.05) is 0 Å². The van der Waals surface area contributed by atoms with Crippen molar-refractivity contribution >= 4 is 29.9 Å². The van der Waals surface area contributed by atoms with Gasteiger partial charge in [-0.3, -0.25) is 0 Å². The molecule has 1 aromatic rings. The molecule has 0 unspecified atom stereocenters.